The number of rotatable bonds is 3. The second-order valence-corrected chi connectivity index (χ2v) is 8.00. The van der Waals surface area contributed by atoms with Crippen LogP contribution in [0.15, 0.2) is 5.38 Å². The third-order valence-electron chi connectivity index (χ3n) is 4.60. The maximum absolute atomic E-state index is 12.5. The highest BCUT2D eigenvalue weighted by Gasteiger charge is 2.37. The number of thiophene rings is 1. The number of fused-ring (bicyclic) bond motifs is 1. The van der Waals surface area contributed by atoms with Crippen molar-refractivity contribution in [2.75, 3.05) is 0 Å². The molecule has 0 aliphatic heterocycles. The summed E-state index contributed by atoms with van der Waals surface area (Å²) in [5.41, 5.74) is 0.389. The highest BCUT2D eigenvalue weighted by Crippen LogP contribution is 2.33. The Morgan fingerprint density at radius 3 is 2.65 bits per heavy atom. The molecule has 0 saturated carbocycles. The largest absolute Gasteiger partial charge is 0.388 e. The van der Waals surface area contributed by atoms with E-state index in [1.807, 2.05) is 19.2 Å². The molecule has 3 nitrogen and oxygen atoms in total. The molecule has 2 rings (SSSR count). The number of nitrogens with one attached hydrogen (secondary N) is 1. The van der Waals surface area contributed by atoms with Gasteiger partial charge in [-0.15, -0.1) is 11.3 Å². The second-order valence-electron chi connectivity index (χ2n) is 7.04. The van der Waals surface area contributed by atoms with E-state index in [9.17, 15) is 9.90 Å². The first-order valence-electron chi connectivity index (χ1n) is 7.26. The lowest BCUT2D eigenvalue weighted by molar-refractivity contribution is -0.00294. The number of hydrogen-bond donors (Lipinski definition) is 2. The van der Waals surface area contributed by atoms with E-state index in [1.54, 1.807) is 25.2 Å². The first kappa shape index (κ1) is 15.5. The van der Waals surface area contributed by atoms with Gasteiger partial charge in [-0.3, -0.25) is 4.79 Å². The predicted octanol–water partition coefficient (Wildman–Crippen LogP) is 3.15. The molecule has 1 aromatic rings. The molecular weight excluding hydrogens is 270 g/mol. The topological polar surface area (TPSA) is 49.3 Å². The van der Waals surface area contributed by atoms with Gasteiger partial charge in [0.05, 0.1) is 16.7 Å². The van der Waals surface area contributed by atoms with Crippen LogP contribution in [0.1, 0.15) is 61.8 Å². The average Bonchev–Trinajstić information content (AvgIpc) is 2.69. The molecule has 2 N–H and O–H groups in total. The first-order valence-corrected chi connectivity index (χ1v) is 8.14. The van der Waals surface area contributed by atoms with Crippen molar-refractivity contribution >= 4 is 17.2 Å². The van der Waals surface area contributed by atoms with Crippen molar-refractivity contribution in [3.63, 3.8) is 0 Å². The summed E-state index contributed by atoms with van der Waals surface area (Å²) < 4.78 is 0. The summed E-state index contributed by atoms with van der Waals surface area (Å²) in [5, 5.41) is 15.1. The zero-order chi connectivity index (χ0) is 15.1. The molecule has 0 saturated heterocycles. The van der Waals surface area contributed by atoms with Gasteiger partial charge < -0.3 is 10.4 Å². The van der Waals surface area contributed by atoms with Crippen LogP contribution in [-0.4, -0.2) is 22.2 Å². The van der Waals surface area contributed by atoms with E-state index in [1.165, 1.54) is 10.4 Å². The van der Waals surface area contributed by atoms with Crippen LogP contribution in [0, 0.1) is 5.92 Å². The van der Waals surface area contributed by atoms with Gasteiger partial charge in [0.2, 0.25) is 0 Å². The summed E-state index contributed by atoms with van der Waals surface area (Å²) in [4.78, 5) is 13.9. The molecule has 1 unspecified atom stereocenters. The molecule has 0 aromatic carbocycles. The number of carbonyl (C=O) groups is 1. The Balaban J connectivity index is 2.19. The van der Waals surface area contributed by atoms with Gasteiger partial charge in [0, 0.05) is 10.3 Å². The minimum absolute atomic E-state index is 0.0656. The molecule has 1 aliphatic carbocycles. The molecule has 0 radical (unpaired) electrons. The standard InChI is InChI=1S/C16H25NO2S/c1-10-6-7-11-12(9-20-13(11)8-10)14(18)17-15(2,3)16(4,5)19/h9-10,19H,6-8H2,1-5H3,(H,17,18). The summed E-state index contributed by atoms with van der Waals surface area (Å²) in [7, 11) is 0. The molecule has 0 fully saturated rings. The molecule has 1 aliphatic rings. The fourth-order valence-corrected chi connectivity index (χ4v) is 3.62. The number of amides is 1. The van der Waals surface area contributed by atoms with Gasteiger partial charge in [-0.25, -0.2) is 0 Å². The van der Waals surface area contributed by atoms with E-state index >= 15 is 0 Å². The molecule has 1 aromatic heterocycles. The van der Waals surface area contributed by atoms with E-state index in [-0.39, 0.29) is 5.91 Å². The Hall–Kier alpha value is -0.870. The van der Waals surface area contributed by atoms with Crippen LogP contribution in [-0.2, 0) is 12.8 Å². The van der Waals surface area contributed by atoms with E-state index < -0.39 is 11.1 Å². The van der Waals surface area contributed by atoms with E-state index in [0.29, 0.717) is 5.92 Å². The van der Waals surface area contributed by atoms with Crippen molar-refractivity contribution in [1.29, 1.82) is 0 Å². The Labute approximate surface area is 125 Å². The number of hydrogen-bond acceptors (Lipinski definition) is 3. The monoisotopic (exact) mass is 295 g/mol. The van der Waals surface area contributed by atoms with Gasteiger partial charge in [0.1, 0.15) is 0 Å². The summed E-state index contributed by atoms with van der Waals surface area (Å²) >= 11 is 1.69. The lowest BCUT2D eigenvalue weighted by Crippen LogP contribution is -2.57. The number of carbonyl (C=O) groups excluding carboxylic acids is 1. The maximum atomic E-state index is 12.5. The molecule has 0 bridgehead atoms. The zero-order valence-corrected chi connectivity index (χ0v) is 13.9. The zero-order valence-electron chi connectivity index (χ0n) is 13.0. The van der Waals surface area contributed by atoms with Crippen molar-refractivity contribution in [3.8, 4) is 0 Å². The summed E-state index contributed by atoms with van der Waals surface area (Å²) in [6.45, 7) is 9.41. The molecule has 4 heteroatoms. The van der Waals surface area contributed by atoms with Crippen LogP contribution in [0.2, 0.25) is 0 Å². The highest BCUT2D eigenvalue weighted by atomic mass is 32.1. The predicted molar refractivity (Wildman–Crippen MR) is 83.4 cm³/mol. The highest BCUT2D eigenvalue weighted by molar-refractivity contribution is 7.10. The smallest absolute Gasteiger partial charge is 0.252 e. The lowest BCUT2D eigenvalue weighted by atomic mass is 9.85. The molecule has 0 spiro atoms. The van der Waals surface area contributed by atoms with Crippen LogP contribution in [0.5, 0.6) is 0 Å². The van der Waals surface area contributed by atoms with Gasteiger partial charge in [-0.1, -0.05) is 6.92 Å². The summed E-state index contributed by atoms with van der Waals surface area (Å²) in [6.07, 6.45) is 3.23. The van der Waals surface area contributed by atoms with Gasteiger partial charge in [0.15, 0.2) is 0 Å². The van der Waals surface area contributed by atoms with Crippen LogP contribution >= 0.6 is 11.3 Å². The normalized spacial score (nSPS) is 19.6. The Kier molecular flexibility index (Phi) is 4.00. The van der Waals surface area contributed by atoms with Crippen molar-refractivity contribution < 1.29 is 9.90 Å². The van der Waals surface area contributed by atoms with Crippen molar-refractivity contribution in [1.82, 2.24) is 5.32 Å². The molecule has 1 atom stereocenters. The van der Waals surface area contributed by atoms with Crippen LogP contribution in [0.4, 0.5) is 0 Å². The lowest BCUT2D eigenvalue weighted by Gasteiger charge is -2.38. The van der Waals surface area contributed by atoms with Crippen molar-refractivity contribution in [2.45, 2.75) is 65.0 Å². The van der Waals surface area contributed by atoms with Gasteiger partial charge in [0.25, 0.3) is 5.91 Å². The van der Waals surface area contributed by atoms with Crippen molar-refractivity contribution in [2.24, 2.45) is 5.92 Å². The number of aliphatic hydroxyl groups is 1. The van der Waals surface area contributed by atoms with E-state index in [0.717, 1.165) is 24.8 Å². The maximum Gasteiger partial charge on any atom is 0.252 e. The van der Waals surface area contributed by atoms with Crippen LogP contribution in [0.25, 0.3) is 0 Å². The average molecular weight is 295 g/mol. The van der Waals surface area contributed by atoms with Gasteiger partial charge in [-0.05, 0) is 58.4 Å². The minimum atomic E-state index is -0.965. The molecule has 1 heterocycles. The molecule has 1 amide bonds. The van der Waals surface area contributed by atoms with E-state index in [4.69, 9.17) is 0 Å². The quantitative estimate of drug-likeness (QED) is 0.900. The molecular formula is C16H25NO2S. The molecule has 20 heavy (non-hydrogen) atoms. The SMILES string of the molecule is CC1CCc2c(C(=O)NC(C)(C)C(C)(C)O)csc2C1. The second kappa shape index (κ2) is 5.15. The molecule has 112 valence electrons. The van der Waals surface area contributed by atoms with Gasteiger partial charge in [-0.2, -0.15) is 0 Å². The Morgan fingerprint density at radius 1 is 1.40 bits per heavy atom. The Morgan fingerprint density at radius 2 is 2.05 bits per heavy atom. The van der Waals surface area contributed by atoms with E-state index in [2.05, 4.69) is 12.2 Å². The summed E-state index contributed by atoms with van der Waals surface area (Å²) in [5.74, 6) is 0.647. The van der Waals surface area contributed by atoms with Crippen LogP contribution < -0.4 is 5.32 Å². The third-order valence-corrected chi connectivity index (χ3v) is 5.65. The van der Waals surface area contributed by atoms with Gasteiger partial charge >= 0.3 is 0 Å². The fraction of sp³-hybridized carbons (Fsp3) is 0.688. The minimum Gasteiger partial charge on any atom is -0.388 e. The third kappa shape index (κ3) is 2.91. The van der Waals surface area contributed by atoms with Crippen molar-refractivity contribution in [3.05, 3.63) is 21.4 Å². The Bertz CT molecular complexity index is 511. The fourth-order valence-electron chi connectivity index (χ4n) is 2.37. The first-order chi connectivity index (χ1) is 9.12. The summed E-state index contributed by atoms with van der Waals surface area (Å²) in [6, 6.07) is 0. The van der Waals surface area contributed by atoms with Crippen LogP contribution in [0.3, 0.4) is 0 Å².